The molecule has 1 unspecified atom stereocenters. The second-order valence-corrected chi connectivity index (χ2v) is 10.1. The van der Waals surface area contributed by atoms with Crippen molar-refractivity contribution in [2.45, 2.75) is 103 Å². The summed E-state index contributed by atoms with van der Waals surface area (Å²) in [6.07, 6.45) is 11.7. The van der Waals surface area contributed by atoms with E-state index < -0.39 is 6.10 Å². The monoisotopic (exact) mass is 448 g/mol. The van der Waals surface area contributed by atoms with E-state index in [0.717, 1.165) is 22.4 Å². The van der Waals surface area contributed by atoms with Gasteiger partial charge in [-0.2, -0.15) is 0 Å². The molecule has 33 heavy (non-hydrogen) atoms. The molecule has 2 saturated carbocycles. The fraction of sp³-hybridized carbons (Fsp3) is 0.567. The average molecular weight is 449 g/mol. The van der Waals surface area contributed by atoms with Crippen LogP contribution in [0.2, 0.25) is 0 Å². The Morgan fingerprint density at radius 1 is 0.818 bits per heavy atom. The number of aryl methyl sites for hydroxylation is 2. The highest BCUT2D eigenvalue weighted by Gasteiger charge is 2.31. The largest absolute Gasteiger partial charge is 0.474 e. The minimum atomic E-state index is -0.731. The second kappa shape index (κ2) is 11.2. The van der Waals surface area contributed by atoms with E-state index in [1.807, 2.05) is 6.92 Å². The zero-order valence-electron chi connectivity index (χ0n) is 20.7. The van der Waals surface area contributed by atoms with Crippen LogP contribution in [0.1, 0.15) is 117 Å². The van der Waals surface area contributed by atoms with E-state index >= 15 is 0 Å². The first-order valence-electron chi connectivity index (χ1n) is 13.1. The predicted octanol–water partition coefficient (Wildman–Crippen LogP) is 8.08. The number of benzene rings is 2. The molecule has 1 atom stereocenters. The quantitative estimate of drug-likeness (QED) is 0.402. The number of esters is 1. The van der Waals surface area contributed by atoms with Crippen molar-refractivity contribution in [3.8, 4) is 5.75 Å². The summed E-state index contributed by atoms with van der Waals surface area (Å²) in [7, 11) is 0. The Labute approximate surface area is 199 Å². The number of carbonyl (C=O) groups is 1. The summed E-state index contributed by atoms with van der Waals surface area (Å²) in [4.78, 5) is 13.3. The Balaban J connectivity index is 1.74. The van der Waals surface area contributed by atoms with Gasteiger partial charge < -0.3 is 9.47 Å². The van der Waals surface area contributed by atoms with E-state index in [0.29, 0.717) is 18.4 Å². The maximum Gasteiger partial charge on any atom is 0.352 e. The predicted molar refractivity (Wildman–Crippen MR) is 134 cm³/mol. The second-order valence-electron chi connectivity index (χ2n) is 10.1. The third kappa shape index (κ3) is 5.80. The molecule has 2 aliphatic carbocycles. The number of hydrogen-bond acceptors (Lipinski definition) is 3. The molecule has 0 spiro atoms. The Hall–Kier alpha value is -2.29. The number of rotatable bonds is 7. The van der Waals surface area contributed by atoms with Crippen LogP contribution in [0.5, 0.6) is 5.75 Å². The first kappa shape index (κ1) is 23.9. The van der Waals surface area contributed by atoms with Crippen LogP contribution < -0.4 is 4.74 Å². The number of hydrogen-bond donors (Lipinski definition) is 0. The van der Waals surface area contributed by atoms with Crippen LogP contribution in [0.4, 0.5) is 0 Å². The summed E-state index contributed by atoms with van der Waals surface area (Å²) >= 11 is 0. The average Bonchev–Trinajstić information content (AvgIpc) is 2.84. The zero-order chi connectivity index (χ0) is 23.2. The van der Waals surface area contributed by atoms with E-state index in [2.05, 4.69) is 50.2 Å². The third-order valence-corrected chi connectivity index (χ3v) is 7.53. The number of carbonyl (C=O) groups excluding carboxylic acids is 1. The minimum Gasteiger partial charge on any atom is -0.474 e. The van der Waals surface area contributed by atoms with E-state index in [9.17, 15) is 4.79 Å². The van der Waals surface area contributed by atoms with Gasteiger partial charge in [0.25, 0.3) is 0 Å². The maximum absolute atomic E-state index is 13.3. The van der Waals surface area contributed by atoms with Gasteiger partial charge >= 0.3 is 5.97 Å². The van der Waals surface area contributed by atoms with Crippen molar-refractivity contribution in [1.29, 1.82) is 0 Å². The van der Waals surface area contributed by atoms with Crippen molar-refractivity contribution in [2.75, 3.05) is 6.61 Å². The summed E-state index contributed by atoms with van der Waals surface area (Å²) in [5, 5.41) is 0. The van der Waals surface area contributed by atoms with Crippen LogP contribution >= 0.6 is 0 Å². The first-order chi connectivity index (χ1) is 16.1. The summed E-state index contributed by atoms with van der Waals surface area (Å²) < 4.78 is 12.3. The van der Waals surface area contributed by atoms with Gasteiger partial charge in [0.1, 0.15) is 5.75 Å². The Bertz CT molecular complexity index is 936. The molecule has 0 aliphatic heterocycles. The minimum absolute atomic E-state index is 0.281. The topological polar surface area (TPSA) is 35.5 Å². The molecule has 3 heteroatoms. The highest BCUT2D eigenvalue weighted by molar-refractivity contribution is 5.78. The lowest BCUT2D eigenvalue weighted by atomic mass is 9.80. The van der Waals surface area contributed by atoms with Crippen molar-refractivity contribution < 1.29 is 14.3 Å². The van der Waals surface area contributed by atoms with Gasteiger partial charge in [0.15, 0.2) is 0 Å². The highest BCUT2D eigenvalue weighted by atomic mass is 16.6. The summed E-state index contributed by atoms with van der Waals surface area (Å²) in [6.45, 7) is 6.41. The van der Waals surface area contributed by atoms with Crippen LogP contribution in [0, 0.1) is 13.8 Å². The van der Waals surface area contributed by atoms with E-state index in [1.54, 1.807) is 0 Å². The summed E-state index contributed by atoms with van der Waals surface area (Å²) in [5.74, 6) is 1.57. The summed E-state index contributed by atoms with van der Waals surface area (Å²) in [6, 6.07) is 13.1. The van der Waals surface area contributed by atoms with E-state index in [4.69, 9.17) is 9.47 Å². The first-order valence-corrected chi connectivity index (χ1v) is 13.1. The van der Waals surface area contributed by atoms with Crippen LogP contribution in [0.15, 0.2) is 36.4 Å². The van der Waals surface area contributed by atoms with Gasteiger partial charge in [-0.25, -0.2) is 4.79 Å². The molecule has 2 aliphatic rings. The Morgan fingerprint density at radius 2 is 1.36 bits per heavy atom. The van der Waals surface area contributed by atoms with Gasteiger partial charge in [0, 0.05) is 5.56 Å². The van der Waals surface area contributed by atoms with Crippen molar-refractivity contribution >= 4 is 5.97 Å². The molecule has 0 heterocycles. The van der Waals surface area contributed by atoms with Crippen molar-refractivity contribution in [2.24, 2.45) is 0 Å². The molecule has 0 saturated heterocycles. The molecular formula is C30H40O3. The normalized spacial score (nSPS) is 18.6. The molecular weight excluding hydrogens is 408 g/mol. The van der Waals surface area contributed by atoms with E-state index in [-0.39, 0.29) is 5.97 Å². The fourth-order valence-corrected chi connectivity index (χ4v) is 5.78. The Kier molecular flexibility index (Phi) is 8.11. The van der Waals surface area contributed by atoms with Gasteiger partial charge in [-0.3, -0.25) is 0 Å². The molecule has 0 aromatic heterocycles. The van der Waals surface area contributed by atoms with Crippen molar-refractivity contribution in [3.05, 3.63) is 64.2 Å². The standard InChI is InChI=1S/C30H40O3/c1-4-32-30(31)29(27-19-21(2)15-17-25(27)23-11-7-5-8-12-23)33-28-20-22(3)16-18-26(28)24-13-9-6-10-14-24/h15-20,23-24,29H,4-14H2,1-3H3. The van der Waals surface area contributed by atoms with Gasteiger partial charge in [0.05, 0.1) is 6.61 Å². The van der Waals surface area contributed by atoms with Crippen molar-refractivity contribution in [1.82, 2.24) is 0 Å². The molecule has 2 aromatic rings. The molecule has 4 rings (SSSR count). The van der Waals surface area contributed by atoms with Crippen molar-refractivity contribution in [3.63, 3.8) is 0 Å². The molecule has 0 amide bonds. The molecule has 3 nitrogen and oxygen atoms in total. The van der Waals surface area contributed by atoms with E-state index in [1.165, 1.54) is 75.3 Å². The smallest absolute Gasteiger partial charge is 0.352 e. The molecule has 0 bridgehead atoms. The molecule has 2 fully saturated rings. The Morgan fingerprint density at radius 3 is 1.97 bits per heavy atom. The molecule has 0 radical (unpaired) electrons. The lowest BCUT2D eigenvalue weighted by Gasteiger charge is -2.29. The van der Waals surface area contributed by atoms with Crippen LogP contribution in [0.25, 0.3) is 0 Å². The maximum atomic E-state index is 13.3. The third-order valence-electron chi connectivity index (χ3n) is 7.53. The lowest BCUT2D eigenvalue weighted by Crippen LogP contribution is -2.24. The van der Waals surface area contributed by atoms with Gasteiger partial charge in [-0.1, -0.05) is 74.4 Å². The van der Waals surface area contributed by atoms with Gasteiger partial charge in [-0.15, -0.1) is 0 Å². The van der Waals surface area contributed by atoms with Gasteiger partial charge in [-0.05, 0) is 81.0 Å². The number of ether oxygens (including phenoxy) is 2. The SMILES string of the molecule is CCOC(=O)C(Oc1cc(C)ccc1C1CCCCC1)c1cc(C)ccc1C1CCCCC1. The summed E-state index contributed by atoms with van der Waals surface area (Å²) in [5.41, 5.74) is 5.83. The fourth-order valence-electron chi connectivity index (χ4n) is 5.78. The van der Waals surface area contributed by atoms with Crippen LogP contribution in [-0.4, -0.2) is 12.6 Å². The zero-order valence-corrected chi connectivity index (χ0v) is 20.7. The van der Waals surface area contributed by atoms with Crippen LogP contribution in [-0.2, 0) is 9.53 Å². The molecule has 2 aromatic carbocycles. The molecule has 0 N–H and O–H groups in total. The molecule has 178 valence electrons. The van der Waals surface area contributed by atoms with Crippen LogP contribution in [0.3, 0.4) is 0 Å². The lowest BCUT2D eigenvalue weighted by molar-refractivity contribution is -0.151. The van der Waals surface area contributed by atoms with Gasteiger partial charge in [0.2, 0.25) is 6.10 Å². The highest BCUT2D eigenvalue weighted by Crippen LogP contribution is 2.42.